The molecule has 1 N–H and O–H groups in total. The summed E-state index contributed by atoms with van der Waals surface area (Å²) in [5, 5.41) is 11.0. The molecule has 0 aromatic heterocycles. The van der Waals surface area contributed by atoms with Crippen molar-refractivity contribution >= 4 is 5.97 Å². The van der Waals surface area contributed by atoms with Crippen LogP contribution in [-0.4, -0.2) is 28.6 Å². The van der Waals surface area contributed by atoms with E-state index in [1.165, 1.54) is 0 Å². The smallest absolute Gasteiger partial charge is 0.328 e. The number of carboxylic acids is 1. The molecule has 0 bridgehead atoms. The predicted molar refractivity (Wildman–Crippen MR) is 33.2 cm³/mol. The first-order valence-corrected chi connectivity index (χ1v) is 2.71. The minimum absolute atomic E-state index is 0.155. The van der Waals surface area contributed by atoms with Crippen LogP contribution in [0.15, 0.2) is 5.29 Å². The van der Waals surface area contributed by atoms with Crippen LogP contribution >= 0.6 is 0 Å². The van der Waals surface area contributed by atoms with Gasteiger partial charge >= 0.3 is 5.97 Å². The number of nitrogens with zero attached hydrogens (tertiary/aromatic N) is 2. The summed E-state index contributed by atoms with van der Waals surface area (Å²) in [6.07, 6.45) is -0.435. The molecule has 1 rings (SSSR count). The second-order valence-corrected chi connectivity index (χ2v) is 1.80. The highest BCUT2D eigenvalue weighted by Crippen LogP contribution is 2.16. The van der Waals surface area contributed by atoms with E-state index in [2.05, 4.69) is 5.29 Å². The Labute approximate surface area is 61.8 Å². The first-order valence-electron chi connectivity index (χ1n) is 4.21. The largest absolute Gasteiger partial charge is 0.480 e. The van der Waals surface area contributed by atoms with Crippen LogP contribution in [0.3, 0.4) is 0 Å². The molecule has 0 spiro atoms. The van der Waals surface area contributed by atoms with Gasteiger partial charge in [-0.25, -0.2) is 9.80 Å². The summed E-state index contributed by atoms with van der Waals surface area (Å²) in [5.41, 5.74) is 0. The number of carbonyl (C=O) groups is 1. The fraction of sp³-hybridized carbons (Fsp3) is 0.800. The fourth-order valence-corrected chi connectivity index (χ4v) is 0.757. The summed E-state index contributed by atoms with van der Waals surface area (Å²) in [5.74, 6) is -1.56. The summed E-state index contributed by atoms with van der Waals surface area (Å²) >= 11 is 0. The zero-order chi connectivity index (χ0) is 10.3. The van der Waals surface area contributed by atoms with Gasteiger partial charge in [0, 0.05) is 6.50 Å². The molecule has 0 amide bonds. The van der Waals surface area contributed by atoms with Gasteiger partial charge in [-0.2, -0.15) is 0 Å². The highest BCUT2D eigenvalue weighted by Gasteiger charge is 2.30. The van der Waals surface area contributed by atoms with Crippen molar-refractivity contribution in [1.82, 2.24) is 5.01 Å². The Balaban J connectivity index is 3.04. The first kappa shape index (κ1) is 3.90. The molecule has 1 atom stereocenters. The molecule has 0 saturated carbocycles. The molecule has 1 heterocycles. The summed E-state index contributed by atoms with van der Waals surface area (Å²) in [7, 11) is 0. The molecular weight excluding hydrogens is 136 g/mol. The molecule has 1 saturated heterocycles. The Bertz CT molecular complexity index is 259. The van der Waals surface area contributed by atoms with E-state index in [0.717, 1.165) is 0 Å². The molecule has 1 aliphatic heterocycles. The Hall–Kier alpha value is -1.13. The lowest BCUT2D eigenvalue weighted by molar-refractivity contribution is -0.142. The van der Waals surface area contributed by atoms with Crippen molar-refractivity contribution in [3.63, 3.8) is 0 Å². The van der Waals surface area contributed by atoms with Gasteiger partial charge in [0.1, 0.15) is 6.02 Å². The maximum Gasteiger partial charge on any atom is 0.328 e. The van der Waals surface area contributed by atoms with Gasteiger partial charge in [0.25, 0.3) is 0 Å². The van der Waals surface area contributed by atoms with E-state index in [9.17, 15) is 9.70 Å². The second-order valence-electron chi connectivity index (χ2n) is 1.80. The summed E-state index contributed by atoms with van der Waals surface area (Å²) in [6, 6.07) is -2.26. The SMILES string of the molecule is [2H]C1([2H])CCC([2H])(C(=O)O)N1N=O. The molecule has 0 aliphatic carbocycles. The van der Waals surface area contributed by atoms with Crippen molar-refractivity contribution in [1.29, 1.82) is 0 Å². The van der Waals surface area contributed by atoms with E-state index >= 15 is 0 Å². The monoisotopic (exact) mass is 147 g/mol. The molecule has 1 aliphatic rings. The van der Waals surface area contributed by atoms with Crippen LogP contribution in [0.5, 0.6) is 0 Å². The Kier molecular flexibility index (Phi) is 1.03. The Morgan fingerprint density at radius 1 is 2.00 bits per heavy atom. The molecule has 1 fully saturated rings. The molecule has 1 unspecified atom stereocenters. The van der Waals surface area contributed by atoms with Crippen LogP contribution < -0.4 is 0 Å². The highest BCUT2D eigenvalue weighted by molar-refractivity contribution is 5.73. The fourth-order valence-electron chi connectivity index (χ4n) is 0.757. The van der Waals surface area contributed by atoms with Gasteiger partial charge in [-0.3, -0.25) is 0 Å². The zero-order valence-electron chi connectivity index (χ0n) is 8.07. The topological polar surface area (TPSA) is 70.0 Å². The second kappa shape index (κ2) is 2.64. The van der Waals surface area contributed by atoms with Gasteiger partial charge in [-0.1, -0.05) is 0 Å². The lowest BCUT2D eigenvalue weighted by atomic mass is 10.2. The van der Waals surface area contributed by atoms with Crippen LogP contribution in [0.25, 0.3) is 0 Å². The van der Waals surface area contributed by atoms with E-state index in [-0.39, 0.29) is 17.9 Å². The van der Waals surface area contributed by atoms with Crippen LogP contribution in [0.2, 0.25) is 0 Å². The average molecular weight is 147 g/mol. The van der Waals surface area contributed by atoms with Crippen molar-refractivity contribution in [3.8, 4) is 0 Å². The zero-order valence-corrected chi connectivity index (χ0v) is 5.07. The van der Waals surface area contributed by atoms with Crippen LogP contribution in [0, 0.1) is 4.91 Å². The summed E-state index contributed by atoms with van der Waals surface area (Å²) < 4.78 is 21.8. The molecule has 0 radical (unpaired) electrons. The van der Waals surface area contributed by atoms with Gasteiger partial charge in [-0.05, 0) is 12.8 Å². The molecule has 5 nitrogen and oxygen atoms in total. The van der Waals surface area contributed by atoms with E-state index < -0.39 is 18.5 Å². The van der Waals surface area contributed by atoms with Crippen LogP contribution in [-0.2, 0) is 4.79 Å². The first-order chi connectivity index (χ1) is 5.84. The number of nitroso groups, excluding NO2 is 1. The van der Waals surface area contributed by atoms with Gasteiger partial charge in [-0.15, -0.1) is 4.91 Å². The summed E-state index contributed by atoms with van der Waals surface area (Å²) in [6.45, 7) is -2.14. The standard InChI is InChI=1S/C5H8N2O3/c8-5(9)4-2-1-3-7(4)6-10/h4H,1-3H2,(H,8,9)/i3D2,4D. The minimum atomic E-state index is -2.26. The molecule has 5 heteroatoms. The number of carboxylic acid groups (broad SMARTS) is 1. The number of hydrogen-bond acceptors (Lipinski definition) is 3. The van der Waals surface area contributed by atoms with Crippen molar-refractivity contribution in [3.05, 3.63) is 4.91 Å². The Morgan fingerprint density at radius 3 is 3.10 bits per heavy atom. The van der Waals surface area contributed by atoms with E-state index in [4.69, 9.17) is 9.22 Å². The van der Waals surface area contributed by atoms with Crippen LogP contribution in [0.4, 0.5) is 0 Å². The third-order valence-electron chi connectivity index (χ3n) is 1.21. The molecule has 56 valence electrons. The van der Waals surface area contributed by atoms with Gasteiger partial charge in [0.05, 0.1) is 9.40 Å². The van der Waals surface area contributed by atoms with Gasteiger partial charge < -0.3 is 5.11 Å². The molecular formula is C5H8N2O3. The molecule has 0 aromatic rings. The van der Waals surface area contributed by atoms with Crippen molar-refractivity contribution in [2.45, 2.75) is 18.9 Å². The maximum absolute atomic E-state index is 10.6. The lowest BCUT2D eigenvalue weighted by Crippen LogP contribution is -2.31. The third-order valence-corrected chi connectivity index (χ3v) is 1.21. The normalized spacial score (nSPS) is 41.6. The van der Waals surface area contributed by atoms with E-state index in [1.807, 2.05) is 0 Å². The average Bonchev–Trinajstić information content (AvgIpc) is 2.24. The third kappa shape index (κ3) is 1.07. The summed E-state index contributed by atoms with van der Waals surface area (Å²) in [4.78, 5) is 20.8. The van der Waals surface area contributed by atoms with Gasteiger partial charge in [0.15, 0.2) is 0 Å². The van der Waals surface area contributed by atoms with Crippen molar-refractivity contribution < 1.29 is 14.0 Å². The maximum atomic E-state index is 10.6. The highest BCUT2D eigenvalue weighted by atomic mass is 16.4. The van der Waals surface area contributed by atoms with Crippen molar-refractivity contribution in [2.24, 2.45) is 5.29 Å². The number of rotatable bonds is 2. The minimum Gasteiger partial charge on any atom is -0.480 e. The lowest BCUT2D eigenvalue weighted by Gasteiger charge is -2.11. The number of aliphatic carboxylic acids is 1. The van der Waals surface area contributed by atoms with Crippen molar-refractivity contribution in [2.75, 3.05) is 6.50 Å². The molecule has 0 aromatic carbocycles. The molecule has 10 heavy (non-hydrogen) atoms. The Morgan fingerprint density at radius 2 is 2.70 bits per heavy atom. The quantitative estimate of drug-likeness (QED) is 0.567. The van der Waals surface area contributed by atoms with Crippen LogP contribution in [0.1, 0.15) is 17.0 Å². The van der Waals surface area contributed by atoms with E-state index in [0.29, 0.717) is 0 Å². The van der Waals surface area contributed by atoms with Gasteiger partial charge in [0.2, 0.25) is 0 Å². The van der Waals surface area contributed by atoms with E-state index in [1.54, 1.807) is 0 Å². The number of hydrogen-bond donors (Lipinski definition) is 1. The predicted octanol–water partition coefficient (Wildman–Crippen LogP) is 0.217.